The molecule has 12 heteroatoms. The molecule has 2 aliphatic rings. The number of aromatic nitrogens is 2. The third kappa shape index (κ3) is 4.30. The molecule has 2 bridgehead atoms. The molecule has 4 heterocycles. The van der Waals surface area contributed by atoms with Gasteiger partial charge in [-0.25, -0.2) is 18.2 Å². The summed E-state index contributed by atoms with van der Waals surface area (Å²) in [6.45, 7) is 5.59. The van der Waals surface area contributed by atoms with Crippen molar-refractivity contribution in [2.45, 2.75) is 37.2 Å². The number of urea groups is 1. The number of thiazole rings is 1. The molecule has 33 heavy (non-hydrogen) atoms. The van der Waals surface area contributed by atoms with Gasteiger partial charge in [0.1, 0.15) is 5.52 Å². The summed E-state index contributed by atoms with van der Waals surface area (Å²) in [6.07, 6.45) is 1.80. The van der Waals surface area contributed by atoms with Crippen molar-refractivity contribution < 1.29 is 22.4 Å². The molecule has 0 aliphatic carbocycles. The second-order valence-corrected chi connectivity index (χ2v) is 11.8. The van der Waals surface area contributed by atoms with Crippen LogP contribution in [-0.4, -0.2) is 56.5 Å². The Morgan fingerprint density at radius 3 is 2.88 bits per heavy atom. The van der Waals surface area contributed by atoms with Crippen LogP contribution in [0.4, 0.5) is 15.9 Å². The van der Waals surface area contributed by atoms with Gasteiger partial charge in [0, 0.05) is 19.2 Å². The van der Waals surface area contributed by atoms with Gasteiger partial charge in [0.2, 0.25) is 0 Å². The van der Waals surface area contributed by atoms with E-state index in [0.717, 1.165) is 10.6 Å². The van der Waals surface area contributed by atoms with Crippen molar-refractivity contribution in [2.24, 2.45) is 5.92 Å². The molecule has 2 N–H and O–H groups in total. The van der Waals surface area contributed by atoms with Crippen molar-refractivity contribution in [3.05, 3.63) is 28.8 Å². The maximum atomic E-state index is 12.2. The first-order valence-electron chi connectivity index (χ1n) is 10.7. The van der Waals surface area contributed by atoms with E-state index in [0.29, 0.717) is 54.3 Å². The maximum Gasteiger partial charge on any atom is 0.321 e. The van der Waals surface area contributed by atoms with Gasteiger partial charge in [-0.05, 0) is 24.1 Å². The summed E-state index contributed by atoms with van der Waals surface area (Å²) >= 11 is 1.42. The highest BCUT2D eigenvalue weighted by molar-refractivity contribution is 7.90. The summed E-state index contributed by atoms with van der Waals surface area (Å²) < 4.78 is 35.7. The Kier molecular flexibility index (Phi) is 5.53. The van der Waals surface area contributed by atoms with Crippen molar-refractivity contribution in [2.75, 3.05) is 36.2 Å². The van der Waals surface area contributed by atoms with Crippen LogP contribution in [0.3, 0.4) is 0 Å². The average Bonchev–Trinajstić information content (AvgIpc) is 3.34. The molecule has 0 spiro atoms. The lowest BCUT2D eigenvalue weighted by molar-refractivity contribution is 0.0579. The highest BCUT2D eigenvalue weighted by Gasteiger charge is 2.43. The Hall–Kier alpha value is -2.70. The monoisotopic (exact) mass is 491 g/mol. The van der Waals surface area contributed by atoms with E-state index < -0.39 is 9.84 Å². The molecule has 0 unspecified atom stereocenters. The molecule has 1 saturated heterocycles. The van der Waals surface area contributed by atoms with Crippen LogP contribution in [0.15, 0.2) is 27.5 Å². The number of fused-ring (bicyclic) bond motifs is 5. The van der Waals surface area contributed by atoms with Gasteiger partial charge in [-0.3, -0.25) is 5.32 Å². The number of amides is 2. The minimum absolute atomic E-state index is 0.0246. The molecule has 5 rings (SSSR count). The molecule has 2 amide bonds. The van der Waals surface area contributed by atoms with E-state index in [1.807, 2.05) is 13.8 Å². The Morgan fingerprint density at radius 2 is 2.12 bits per heavy atom. The van der Waals surface area contributed by atoms with Crippen molar-refractivity contribution in [1.29, 1.82) is 0 Å². The summed E-state index contributed by atoms with van der Waals surface area (Å²) in [4.78, 5) is 24.7. The van der Waals surface area contributed by atoms with Crippen LogP contribution >= 0.6 is 11.3 Å². The number of ether oxygens (including phenoxy) is 1. The molecule has 176 valence electrons. The lowest BCUT2D eigenvalue weighted by atomic mass is 9.97. The first-order chi connectivity index (χ1) is 15.7. The van der Waals surface area contributed by atoms with Crippen LogP contribution in [0, 0.1) is 5.92 Å². The zero-order valence-electron chi connectivity index (χ0n) is 18.5. The fourth-order valence-electron chi connectivity index (χ4n) is 4.10. The summed E-state index contributed by atoms with van der Waals surface area (Å²) in [5, 5.41) is 6.21. The van der Waals surface area contributed by atoms with E-state index in [1.165, 1.54) is 29.7 Å². The number of carbonyl (C=O) groups is 1. The first-order valence-corrected chi connectivity index (χ1v) is 13.4. The summed E-state index contributed by atoms with van der Waals surface area (Å²) in [7, 11) is -3.34. The number of nitrogens with one attached hydrogen (secondary N) is 2. The van der Waals surface area contributed by atoms with Crippen molar-refractivity contribution in [1.82, 2.24) is 15.3 Å². The van der Waals surface area contributed by atoms with Crippen LogP contribution in [0.2, 0.25) is 0 Å². The van der Waals surface area contributed by atoms with E-state index in [-0.39, 0.29) is 23.0 Å². The predicted octanol–water partition coefficient (Wildman–Crippen LogP) is 2.97. The van der Waals surface area contributed by atoms with Crippen LogP contribution in [0.1, 0.15) is 30.5 Å². The molecule has 2 aromatic heterocycles. The normalized spacial score (nSPS) is 20.2. The number of morpholine rings is 1. The quantitative estimate of drug-likeness (QED) is 0.558. The Bertz CT molecular complexity index is 1320. The molecular weight excluding hydrogens is 466 g/mol. The highest BCUT2D eigenvalue weighted by Crippen LogP contribution is 2.43. The topological polar surface area (TPSA) is 127 Å². The molecule has 2 aliphatic heterocycles. The van der Waals surface area contributed by atoms with E-state index in [4.69, 9.17) is 9.15 Å². The van der Waals surface area contributed by atoms with E-state index in [9.17, 15) is 13.2 Å². The number of rotatable bonds is 5. The lowest BCUT2D eigenvalue weighted by Gasteiger charge is -2.43. The van der Waals surface area contributed by atoms with E-state index in [2.05, 4.69) is 25.5 Å². The van der Waals surface area contributed by atoms with Gasteiger partial charge in [0.15, 0.2) is 20.6 Å². The number of oxazole rings is 1. The second-order valence-electron chi connectivity index (χ2n) is 8.78. The predicted molar refractivity (Wildman–Crippen MR) is 125 cm³/mol. The molecule has 3 aromatic rings. The van der Waals surface area contributed by atoms with E-state index >= 15 is 0 Å². The minimum atomic E-state index is -3.34. The van der Waals surface area contributed by atoms with Crippen molar-refractivity contribution in [3.8, 4) is 0 Å². The van der Waals surface area contributed by atoms with Crippen LogP contribution < -0.4 is 15.5 Å². The number of hydrogen-bond acceptors (Lipinski definition) is 9. The van der Waals surface area contributed by atoms with E-state index in [1.54, 1.807) is 6.07 Å². The third-order valence-corrected chi connectivity index (χ3v) is 7.89. The standard InChI is InChI=1S/C21H25N5O5S2/c1-11(2)8-22-19(27)25-20-23-15-6-12-9-30-10-16(18(15)32-20)26(12)21-24-14-7-13(33(3,28)29)4-5-17(14)31-21/h4-5,7,11-12,16H,6,8-10H2,1-3H3,(H2,22,23,25,27)/t12-,16-/m0/s1. The molecule has 0 saturated carbocycles. The number of benzene rings is 1. The fourth-order valence-corrected chi connectivity index (χ4v) is 5.81. The Morgan fingerprint density at radius 1 is 1.30 bits per heavy atom. The molecule has 0 radical (unpaired) electrons. The van der Waals surface area contributed by atoms with Gasteiger partial charge in [-0.1, -0.05) is 25.2 Å². The first kappa shape index (κ1) is 22.1. The Labute approximate surface area is 195 Å². The third-order valence-electron chi connectivity index (χ3n) is 5.66. The second kappa shape index (κ2) is 8.26. The molecule has 1 fully saturated rings. The Balaban J connectivity index is 1.43. The lowest BCUT2D eigenvalue weighted by Crippen LogP contribution is -2.51. The smallest absolute Gasteiger partial charge is 0.321 e. The maximum absolute atomic E-state index is 12.2. The molecule has 2 atom stereocenters. The summed E-state index contributed by atoms with van der Waals surface area (Å²) in [5.41, 5.74) is 1.96. The van der Waals surface area contributed by atoms with Gasteiger partial charge >= 0.3 is 6.03 Å². The zero-order valence-corrected chi connectivity index (χ0v) is 20.1. The van der Waals surface area contributed by atoms with Crippen molar-refractivity contribution >= 4 is 49.5 Å². The number of carbonyl (C=O) groups excluding carboxylic acids is 1. The van der Waals surface area contributed by atoms with Gasteiger partial charge in [0.05, 0.1) is 40.8 Å². The SMILES string of the molecule is CC(C)CNC(=O)Nc1nc2c(s1)[C@@H]1COC[C@H](C2)N1c1nc2cc(S(C)(=O)=O)ccc2o1. The van der Waals surface area contributed by atoms with Crippen molar-refractivity contribution in [3.63, 3.8) is 0 Å². The zero-order chi connectivity index (χ0) is 23.3. The number of hydrogen-bond donors (Lipinski definition) is 2. The average molecular weight is 492 g/mol. The van der Waals surface area contributed by atoms with Gasteiger partial charge in [-0.2, -0.15) is 4.98 Å². The largest absolute Gasteiger partial charge is 0.423 e. The number of nitrogens with zero attached hydrogens (tertiary/aromatic N) is 3. The van der Waals surface area contributed by atoms with Crippen LogP contribution in [0.5, 0.6) is 0 Å². The minimum Gasteiger partial charge on any atom is -0.423 e. The van der Waals surface area contributed by atoms with Gasteiger partial charge in [0.25, 0.3) is 6.01 Å². The number of sulfone groups is 1. The molecular formula is C21H25N5O5S2. The van der Waals surface area contributed by atoms with Gasteiger partial charge in [-0.15, -0.1) is 0 Å². The van der Waals surface area contributed by atoms with Gasteiger partial charge < -0.3 is 19.4 Å². The molecule has 10 nitrogen and oxygen atoms in total. The molecule has 1 aromatic carbocycles. The highest BCUT2D eigenvalue weighted by atomic mass is 32.2. The van der Waals surface area contributed by atoms with Crippen LogP contribution in [0.25, 0.3) is 11.1 Å². The summed E-state index contributed by atoms with van der Waals surface area (Å²) in [6, 6.07) is 4.67. The fraction of sp³-hybridized carbons (Fsp3) is 0.476. The number of anilines is 2. The van der Waals surface area contributed by atoms with Crippen LogP contribution in [-0.2, 0) is 21.0 Å². The summed E-state index contributed by atoms with van der Waals surface area (Å²) in [5.74, 6) is 0.357.